The van der Waals surface area contributed by atoms with Crippen LogP contribution in [-0.4, -0.2) is 44.1 Å². The number of hydrogen-bond donors (Lipinski definition) is 1. The molecule has 1 saturated heterocycles. The number of hydrogen-bond acceptors (Lipinski definition) is 5. The second kappa shape index (κ2) is 7.32. The van der Waals surface area contributed by atoms with Gasteiger partial charge in [-0.25, -0.2) is 8.42 Å². The lowest BCUT2D eigenvalue weighted by Crippen LogP contribution is -3.13. The first-order valence-corrected chi connectivity index (χ1v) is 10.8. The maximum absolute atomic E-state index is 12.7. The van der Waals surface area contributed by atoms with Crippen LogP contribution in [0.1, 0.15) is 5.69 Å². The Labute approximate surface area is 156 Å². The molecule has 0 atom stereocenters. The molecule has 0 saturated carbocycles. The highest BCUT2D eigenvalue weighted by atomic mass is 32.2. The predicted octanol–water partition coefficient (Wildman–Crippen LogP) is 1.49. The van der Waals surface area contributed by atoms with E-state index in [2.05, 4.69) is 5.16 Å². The lowest BCUT2D eigenvalue weighted by Gasteiger charge is -2.31. The van der Waals surface area contributed by atoms with Crippen LogP contribution < -0.4 is 4.90 Å². The van der Waals surface area contributed by atoms with Crippen molar-refractivity contribution in [1.29, 1.82) is 0 Å². The minimum absolute atomic E-state index is 0.362. The monoisotopic (exact) mass is 390 g/mol. The molecular formula is C18H20N3O3S2+. The normalized spacial score (nSPS) is 16.8. The minimum Gasteiger partial charge on any atom is -0.355 e. The molecule has 2 aromatic heterocycles. The molecule has 1 fully saturated rings. The summed E-state index contributed by atoms with van der Waals surface area (Å²) in [6, 6.07) is 14.6. The smallest absolute Gasteiger partial charge is 0.243 e. The Bertz CT molecular complexity index is 945. The van der Waals surface area contributed by atoms with E-state index in [-0.39, 0.29) is 0 Å². The van der Waals surface area contributed by atoms with Crippen molar-refractivity contribution in [2.24, 2.45) is 0 Å². The fourth-order valence-corrected chi connectivity index (χ4v) is 5.28. The molecular weight excluding hydrogens is 370 g/mol. The van der Waals surface area contributed by atoms with Gasteiger partial charge < -0.3 is 9.42 Å². The van der Waals surface area contributed by atoms with Crippen molar-refractivity contribution < 1.29 is 17.8 Å². The van der Waals surface area contributed by atoms with Crippen LogP contribution >= 0.6 is 11.3 Å². The van der Waals surface area contributed by atoms with Crippen molar-refractivity contribution in [2.45, 2.75) is 11.4 Å². The third-order valence-electron chi connectivity index (χ3n) is 4.56. The number of quaternary nitrogens is 1. The van der Waals surface area contributed by atoms with Gasteiger partial charge in [-0.15, -0.1) is 11.3 Å². The Morgan fingerprint density at radius 2 is 1.88 bits per heavy atom. The molecule has 8 heteroatoms. The molecule has 0 unspecified atom stereocenters. The predicted molar refractivity (Wildman–Crippen MR) is 99.4 cm³/mol. The highest BCUT2D eigenvalue weighted by molar-refractivity contribution is 7.89. The summed E-state index contributed by atoms with van der Waals surface area (Å²) in [7, 11) is -3.40. The number of piperazine rings is 1. The van der Waals surface area contributed by atoms with E-state index in [1.165, 1.54) is 4.90 Å². The number of thiophene rings is 1. The Kier molecular flexibility index (Phi) is 4.90. The zero-order chi connectivity index (χ0) is 18.0. The standard InChI is InChI=1S/C18H19N3O3S2/c22-26(23,16-5-2-1-3-6-16)21-10-8-20(9-11-21)14-15-13-17(24-19-15)18-7-4-12-25-18/h1-7,12-13H,8-11,14H2/p+1. The molecule has 6 nitrogen and oxygen atoms in total. The fourth-order valence-electron chi connectivity index (χ4n) is 3.15. The average molecular weight is 391 g/mol. The second-order valence-electron chi connectivity index (χ2n) is 6.30. The molecule has 0 amide bonds. The van der Waals surface area contributed by atoms with Gasteiger partial charge in [0.2, 0.25) is 10.0 Å². The van der Waals surface area contributed by atoms with Crippen molar-refractivity contribution in [3.63, 3.8) is 0 Å². The molecule has 0 spiro atoms. The summed E-state index contributed by atoms with van der Waals surface area (Å²) in [6.45, 7) is 3.29. The Balaban J connectivity index is 1.37. The maximum atomic E-state index is 12.7. The molecule has 0 aliphatic carbocycles. The lowest BCUT2D eigenvalue weighted by atomic mass is 10.3. The Hall–Kier alpha value is -2.00. The van der Waals surface area contributed by atoms with Crippen molar-refractivity contribution in [3.8, 4) is 10.6 Å². The molecule has 3 aromatic rings. The SMILES string of the molecule is O=S(=O)(c1ccccc1)N1CC[NH+](Cc2cc(-c3cccs3)on2)CC1. The summed E-state index contributed by atoms with van der Waals surface area (Å²) in [5, 5.41) is 6.17. The minimum atomic E-state index is -3.40. The van der Waals surface area contributed by atoms with Crippen LogP contribution in [0.4, 0.5) is 0 Å². The fraction of sp³-hybridized carbons (Fsp3) is 0.278. The summed E-state index contributed by atoms with van der Waals surface area (Å²) >= 11 is 1.62. The van der Waals surface area contributed by atoms with E-state index in [1.807, 2.05) is 29.6 Å². The zero-order valence-corrected chi connectivity index (χ0v) is 15.8. The lowest BCUT2D eigenvalue weighted by molar-refractivity contribution is -0.917. The first-order chi connectivity index (χ1) is 12.6. The molecule has 1 N–H and O–H groups in total. The third-order valence-corrected chi connectivity index (χ3v) is 7.36. The van der Waals surface area contributed by atoms with Gasteiger partial charge in [0.1, 0.15) is 12.2 Å². The number of aromatic nitrogens is 1. The molecule has 3 heterocycles. The molecule has 0 bridgehead atoms. The van der Waals surface area contributed by atoms with Crippen LogP contribution in [0.3, 0.4) is 0 Å². The molecule has 136 valence electrons. The van der Waals surface area contributed by atoms with Crippen LogP contribution in [0.5, 0.6) is 0 Å². The van der Waals surface area contributed by atoms with Crippen LogP contribution in [0.15, 0.2) is 63.3 Å². The quantitative estimate of drug-likeness (QED) is 0.717. The van der Waals surface area contributed by atoms with E-state index < -0.39 is 10.0 Å². The molecule has 4 rings (SSSR count). The molecule has 1 aromatic carbocycles. The summed E-state index contributed by atoms with van der Waals surface area (Å²) < 4.78 is 32.4. The van der Waals surface area contributed by atoms with Crippen LogP contribution in [0.2, 0.25) is 0 Å². The van der Waals surface area contributed by atoms with E-state index in [0.29, 0.717) is 18.0 Å². The van der Waals surface area contributed by atoms with E-state index in [4.69, 9.17) is 4.52 Å². The zero-order valence-electron chi connectivity index (χ0n) is 14.2. The summed E-state index contributed by atoms with van der Waals surface area (Å²) in [6.07, 6.45) is 0. The van der Waals surface area contributed by atoms with Gasteiger partial charge in [-0.1, -0.05) is 29.4 Å². The second-order valence-corrected chi connectivity index (χ2v) is 9.19. The molecule has 1 aliphatic heterocycles. The van der Waals surface area contributed by atoms with E-state index in [9.17, 15) is 8.42 Å². The van der Waals surface area contributed by atoms with Gasteiger partial charge in [-0.2, -0.15) is 4.31 Å². The number of sulfonamides is 1. The van der Waals surface area contributed by atoms with Gasteiger partial charge in [0.05, 0.1) is 36.0 Å². The Morgan fingerprint density at radius 3 is 2.58 bits per heavy atom. The maximum Gasteiger partial charge on any atom is 0.243 e. The average Bonchev–Trinajstić information content (AvgIpc) is 3.34. The van der Waals surface area contributed by atoms with Crippen LogP contribution in [0.25, 0.3) is 10.6 Å². The van der Waals surface area contributed by atoms with Crippen molar-refractivity contribution in [2.75, 3.05) is 26.2 Å². The molecule has 1 aliphatic rings. The van der Waals surface area contributed by atoms with Crippen molar-refractivity contribution in [3.05, 3.63) is 59.6 Å². The molecule has 0 radical (unpaired) electrons. The topological polar surface area (TPSA) is 67.8 Å². The van der Waals surface area contributed by atoms with E-state index in [0.717, 1.165) is 36.0 Å². The number of nitrogens with one attached hydrogen (secondary N) is 1. The van der Waals surface area contributed by atoms with Crippen molar-refractivity contribution in [1.82, 2.24) is 9.46 Å². The molecule has 26 heavy (non-hydrogen) atoms. The van der Waals surface area contributed by atoms with Crippen LogP contribution in [-0.2, 0) is 16.6 Å². The van der Waals surface area contributed by atoms with Crippen molar-refractivity contribution >= 4 is 21.4 Å². The Morgan fingerprint density at radius 1 is 1.12 bits per heavy atom. The van der Waals surface area contributed by atoms with Gasteiger partial charge in [-0.3, -0.25) is 0 Å². The van der Waals surface area contributed by atoms with E-state index in [1.54, 1.807) is 39.9 Å². The highest BCUT2D eigenvalue weighted by Gasteiger charge is 2.30. The van der Waals surface area contributed by atoms with Gasteiger partial charge >= 0.3 is 0 Å². The number of nitrogens with zero attached hydrogens (tertiary/aromatic N) is 2. The summed E-state index contributed by atoms with van der Waals surface area (Å²) in [5.74, 6) is 0.791. The number of rotatable bonds is 5. The third kappa shape index (κ3) is 3.59. The highest BCUT2D eigenvalue weighted by Crippen LogP contribution is 2.24. The number of benzene rings is 1. The largest absolute Gasteiger partial charge is 0.355 e. The van der Waals surface area contributed by atoms with Crippen LogP contribution in [0, 0.1) is 0 Å². The summed E-state index contributed by atoms with van der Waals surface area (Å²) in [4.78, 5) is 2.74. The van der Waals surface area contributed by atoms with Gasteiger partial charge in [0, 0.05) is 6.07 Å². The van der Waals surface area contributed by atoms with E-state index >= 15 is 0 Å². The first-order valence-electron chi connectivity index (χ1n) is 8.51. The van der Waals surface area contributed by atoms with Gasteiger partial charge in [0.25, 0.3) is 0 Å². The van der Waals surface area contributed by atoms with Gasteiger partial charge in [0.15, 0.2) is 5.76 Å². The van der Waals surface area contributed by atoms with Gasteiger partial charge in [-0.05, 0) is 23.6 Å². The summed E-state index contributed by atoms with van der Waals surface area (Å²) in [5.41, 5.74) is 0.905. The first kappa shape index (κ1) is 17.4.